The highest BCUT2D eigenvalue weighted by molar-refractivity contribution is 7.92. The van der Waals surface area contributed by atoms with Crippen molar-refractivity contribution in [2.24, 2.45) is 0 Å². The van der Waals surface area contributed by atoms with Crippen LogP contribution < -0.4 is 4.72 Å². The summed E-state index contributed by atoms with van der Waals surface area (Å²) in [5, 5.41) is 1.95. The Hall–Kier alpha value is -2.74. The molecular formula is C24H21Cl2NO5S. The minimum Gasteiger partial charge on any atom is -0.465 e. The van der Waals surface area contributed by atoms with Crippen LogP contribution in [0.4, 0.5) is 5.69 Å². The second-order valence-electron chi connectivity index (χ2n) is 8.57. The number of anilines is 1. The summed E-state index contributed by atoms with van der Waals surface area (Å²) in [5.41, 5.74) is 0.490. The zero-order chi connectivity index (χ0) is 24.1. The van der Waals surface area contributed by atoms with Crippen molar-refractivity contribution in [3.05, 3.63) is 69.9 Å². The molecule has 0 unspecified atom stereocenters. The van der Waals surface area contributed by atoms with Crippen molar-refractivity contribution in [3.63, 3.8) is 0 Å². The first-order valence-corrected chi connectivity index (χ1v) is 12.2. The van der Waals surface area contributed by atoms with Crippen molar-refractivity contribution in [1.82, 2.24) is 0 Å². The quantitative estimate of drug-likeness (QED) is 0.309. The molecule has 1 aromatic heterocycles. The summed E-state index contributed by atoms with van der Waals surface area (Å²) in [6.07, 6.45) is 0. The summed E-state index contributed by atoms with van der Waals surface area (Å²) in [6, 6.07) is 13.0. The largest absolute Gasteiger partial charge is 0.465 e. The molecule has 0 aliphatic rings. The lowest BCUT2D eigenvalue weighted by atomic mass is 9.89. The molecule has 172 valence electrons. The molecule has 6 nitrogen and oxygen atoms in total. The molecule has 3 aromatic carbocycles. The number of benzene rings is 3. The summed E-state index contributed by atoms with van der Waals surface area (Å²) in [7, 11) is -2.81. The molecule has 0 radical (unpaired) electrons. The molecule has 0 aliphatic carbocycles. The van der Waals surface area contributed by atoms with E-state index in [0.29, 0.717) is 27.5 Å². The van der Waals surface area contributed by atoms with E-state index in [0.717, 1.165) is 0 Å². The molecule has 0 saturated carbocycles. The summed E-state index contributed by atoms with van der Waals surface area (Å²) in [6.45, 7) is 5.76. The maximum absolute atomic E-state index is 13.2. The van der Waals surface area contributed by atoms with Crippen molar-refractivity contribution in [1.29, 1.82) is 0 Å². The van der Waals surface area contributed by atoms with Gasteiger partial charge >= 0.3 is 5.97 Å². The van der Waals surface area contributed by atoms with E-state index < -0.39 is 21.4 Å². The van der Waals surface area contributed by atoms with Crippen molar-refractivity contribution < 1.29 is 22.4 Å². The average molecular weight is 506 g/mol. The van der Waals surface area contributed by atoms with Gasteiger partial charge in [0.2, 0.25) is 0 Å². The molecule has 4 aromatic rings. The van der Waals surface area contributed by atoms with Gasteiger partial charge in [-0.05, 0) is 24.3 Å². The molecule has 0 atom stereocenters. The minimum atomic E-state index is -4.10. The van der Waals surface area contributed by atoms with Crippen LogP contribution in [-0.2, 0) is 20.2 Å². The van der Waals surface area contributed by atoms with E-state index in [1.807, 2.05) is 26.8 Å². The third-order valence-electron chi connectivity index (χ3n) is 5.19. The second-order valence-corrected chi connectivity index (χ2v) is 11.1. The van der Waals surface area contributed by atoms with Gasteiger partial charge in [0.15, 0.2) is 0 Å². The Kier molecular flexibility index (Phi) is 5.85. The van der Waals surface area contributed by atoms with E-state index in [4.69, 9.17) is 32.4 Å². The number of methoxy groups -OCH3 is 1. The second kappa shape index (κ2) is 8.24. The summed E-state index contributed by atoms with van der Waals surface area (Å²) in [4.78, 5) is 12.6. The first-order valence-electron chi connectivity index (χ1n) is 9.99. The van der Waals surface area contributed by atoms with Crippen LogP contribution in [0.3, 0.4) is 0 Å². The standard InChI is InChI=1S/C24H21Cl2NO5S/c1-24(2,3)22-20(23(28)31-4)16-12-18(14-7-5-6-8-15(14)21(16)32-22)27-33(29,30)19-11-13(25)9-10-17(19)26/h5-12,27H,1-4H3. The van der Waals surface area contributed by atoms with Crippen LogP contribution in [0, 0.1) is 0 Å². The molecule has 9 heteroatoms. The van der Waals surface area contributed by atoms with Crippen molar-refractivity contribution in [2.75, 3.05) is 11.8 Å². The van der Waals surface area contributed by atoms with Crippen LogP contribution in [0.1, 0.15) is 36.9 Å². The average Bonchev–Trinajstić information content (AvgIpc) is 3.15. The van der Waals surface area contributed by atoms with Crippen LogP contribution in [0.25, 0.3) is 21.7 Å². The van der Waals surface area contributed by atoms with Crippen LogP contribution in [-0.4, -0.2) is 21.5 Å². The van der Waals surface area contributed by atoms with Gasteiger partial charge < -0.3 is 9.15 Å². The highest BCUT2D eigenvalue weighted by Gasteiger charge is 2.31. The molecule has 1 heterocycles. The predicted octanol–water partition coefficient (Wildman–Crippen LogP) is 6.78. The van der Waals surface area contributed by atoms with E-state index in [1.165, 1.54) is 25.3 Å². The number of carbonyl (C=O) groups excluding carboxylic acids is 1. The predicted molar refractivity (Wildman–Crippen MR) is 131 cm³/mol. The Morgan fingerprint density at radius 3 is 2.30 bits per heavy atom. The number of hydrogen-bond acceptors (Lipinski definition) is 5. The van der Waals surface area contributed by atoms with Gasteiger partial charge in [0, 0.05) is 26.6 Å². The Labute approximate surface area is 201 Å². The fraction of sp³-hybridized carbons (Fsp3) is 0.208. The molecule has 1 N–H and O–H groups in total. The fourth-order valence-corrected chi connectivity index (χ4v) is 5.55. The molecule has 4 rings (SSSR count). The lowest BCUT2D eigenvalue weighted by Gasteiger charge is -2.16. The van der Waals surface area contributed by atoms with Gasteiger partial charge in [0.1, 0.15) is 21.8 Å². The lowest BCUT2D eigenvalue weighted by Crippen LogP contribution is -2.16. The number of hydrogen-bond donors (Lipinski definition) is 1. The fourth-order valence-electron chi connectivity index (χ4n) is 3.72. The number of ether oxygens (including phenoxy) is 1. The zero-order valence-electron chi connectivity index (χ0n) is 18.3. The van der Waals surface area contributed by atoms with Gasteiger partial charge in [-0.25, -0.2) is 13.2 Å². The molecular weight excluding hydrogens is 485 g/mol. The van der Waals surface area contributed by atoms with Crippen LogP contribution in [0.15, 0.2) is 57.8 Å². The summed E-state index contributed by atoms with van der Waals surface area (Å²) >= 11 is 12.1. The molecule has 0 spiro atoms. The summed E-state index contributed by atoms with van der Waals surface area (Å²) in [5.74, 6) is -0.118. The number of rotatable bonds is 4. The van der Waals surface area contributed by atoms with Crippen molar-refractivity contribution >= 4 is 66.6 Å². The highest BCUT2D eigenvalue weighted by Crippen LogP contribution is 2.41. The zero-order valence-corrected chi connectivity index (χ0v) is 20.7. The Morgan fingerprint density at radius 1 is 1.00 bits per heavy atom. The number of fused-ring (bicyclic) bond motifs is 3. The normalized spacial score (nSPS) is 12.3. The topological polar surface area (TPSA) is 85.6 Å². The number of halogens is 2. The van der Waals surface area contributed by atoms with Crippen LogP contribution in [0.2, 0.25) is 10.0 Å². The third-order valence-corrected chi connectivity index (χ3v) is 7.28. The molecule has 0 bridgehead atoms. The van der Waals surface area contributed by atoms with Gasteiger partial charge in [0.05, 0.1) is 17.8 Å². The smallest absolute Gasteiger partial charge is 0.342 e. The SMILES string of the molecule is COC(=O)c1c(C(C)(C)C)oc2c1cc(NS(=O)(=O)c1cc(Cl)ccc1Cl)c1ccccc12. The Balaban J connectivity index is 2.03. The molecule has 0 saturated heterocycles. The van der Waals surface area contributed by atoms with E-state index in [2.05, 4.69) is 4.72 Å². The highest BCUT2D eigenvalue weighted by atomic mass is 35.5. The van der Waals surface area contributed by atoms with E-state index >= 15 is 0 Å². The van der Waals surface area contributed by atoms with E-state index in [-0.39, 0.29) is 26.2 Å². The molecule has 0 aliphatic heterocycles. The number of sulfonamides is 1. The first kappa shape index (κ1) is 23.4. The molecule has 0 amide bonds. The van der Waals surface area contributed by atoms with Gasteiger partial charge in [-0.3, -0.25) is 4.72 Å². The maximum Gasteiger partial charge on any atom is 0.342 e. The van der Waals surface area contributed by atoms with Crippen LogP contribution in [0.5, 0.6) is 0 Å². The van der Waals surface area contributed by atoms with Gasteiger partial charge in [-0.2, -0.15) is 0 Å². The Morgan fingerprint density at radius 2 is 1.67 bits per heavy atom. The number of furan rings is 1. The Bertz CT molecular complexity index is 1520. The van der Waals surface area contributed by atoms with E-state index in [1.54, 1.807) is 24.3 Å². The van der Waals surface area contributed by atoms with Gasteiger partial charge in [-0.1, -0.05) is 68.2 Å². The lowest BCUT2D eigenvalue weighted by molar-refractivity contribution is 0.0598. The van der Waals surface area contributed by atoms with Crippen LogP contribution >= 0.6 is 23.2 Å². The van der Waals surface area contributed by atoms with Crippen molar-refractivity contribution in [2.45, 2.75) is 31.1 Å². The maximum atomic E-state index is 13.2. The van der Waals surface area contributed by atoms with Gasteiger partial charge in [0.25, 0.3) is 10.0 Å². The molecule has 33 heavy (non-hydrogen) atoms. The number of carbonyl (C=O) groups is 1. The van der Waals surface area contributed by atoms with Gasteiger partial charge in [-0.15, -0.1) is 0 Å². The monoisotopic (exact) mass is 505 g/mol. The van der Waals surface area contributed by atoms with Crippen molar-refractivity contribution in [3.8, 4) is 0 Å². The molecule has 0 fully saturated rings. The third kappa shape index (κ3) is 4.16. The minimum absolute atomic E-state index is 0.0332. The van der Waals surface area contributed by atoms with E-state index in [9.17, 15) is 13.2 Å². The number of nitrogens with one attached hydrogen (secondary N) is 1. The summed E-state index contributed by atoms with van der Waals surface area (Å²) < 4.78 is 40.3. The number of esters is 1. The first-order chi connectivity index (χ1) is 15.4.